The predicted molar refractivity (Wildman–Crippen MR) is 175 cm³/mol. The Hall–Kier alpha value is -4.80. The second-order valence-electron chi connectivity index (χ2n) is 12.8. The number of carbonyl (C=O) groups is 4. The van der Waals surface area contributed by atoms with Crippen LogP contribution in [0.15, 0.2) is 84.1 Å². The van der Waals surface area contributed by atoms with Crippen molar-refractivity contribution in [2.24, 2.45) is 29.6 Å². The number of nitrogens with zero attached hydrogens (tertiary/aromatic N) is 1. The molecule has 3 heterocycles. The summed E-state index contributed by atoms with van der Waals surface area (Å²) in [7, 11) is 1.55. The molecule has 0 radical (unpaired) electrons. The number of aromatic hydroxyl groups is 1. The summed E-state index contributed by atoms with van der Waals surface area (Å²) in [4.78, 5) is 56.2. The zero-order chi connectivity index (χ0) is 33.5. The van der Waals surface area contributed by atoms with E-state index in [0.717, 1.165) is 10.6 Å². The molecule has 3 aromatic rings. The molecule has 2 aliphatic carbocycles. The fraction of sp³-hybridized carbons (Fsp3) is 0.278. The SMILES string of the molecule is COc1ccc([C@@]23C(=O)N(Nc4ccc(Cl)cc4Cl)C(=O)[C@@H]2C[C@@H]2C(=CC[C@@H]4C(=O)NC(=O)[C@@H]42)[C@@H]3C2=COc3ccc(O)cc3C2)cc1. The number of nitrogens with one attached hydrogen (secondary N) is 2. The Morgan fingerprint density at radius 1 is 1.00 bits per heavy atom. The third-order valence-electron chi connectivity index (χ3n) is 10.6. The molecule has 0 bridgehead atoms. The van der Waals surface area contributed by atoms with Gasteiger partial charge in [-0.15, -0.1) is 0 Å². The Morgan fingerprint density at radius 3 is 2.54 bits per heavy atom. The van der Waals surface area contributed by atoms with Gasteiger partial charge in [-0.25, -0.2) is 0 Å². The van der Waals surface area contributed by atoms with Gasteiger partial charge in [0, 0.05) is 22.9 Å². The number of phenols is 1. The average molecular weight is 687 g/mol. The first kappa shape index (κ1) is 30.5. The fourth-order valence-electron chi connectivity index (χ4n) is 8.57. The van der Waals surface area contributed by atoms with Gasteiger partial charge in [0.25, 0.3) is 11.8 Å². The number of methoxy groups -OCH3 is 1. The summed E-state index contributed by atoms with van der Waals surface area (Å²) in [6.45, 7) is 0. The molecule has 4 amide bonds. The zero-order valence-electron chi connectivity index (χ0n) is 25.5. The summed E-state index contributed by atoms with van der Waals surface area (Å²) in [6, 6.07) is 16.6. The summed E-state index contributed by atoms with van der Waals surface area (Å²) in [5, 5.41) is 14.5. The first-order valence-corrected chi connectivity index (χ1v) is 16.3. The van der Waals surface area contributed by atoms with Crippen LogP contribution in [-0.2, 0) is 31.0 Å². The van der Waals surface area contributed by atoms with Crippen LogP contribution in [0.25, 0.3) is 0 Å². The lowest BCUT2D eigenvalue weighted by molar-refractivity contribution is -0.139. The van der Waals surface area contributed by atoms with E-state index in [9.17, 15) is 19.5 Å². The van der Waals surface area contributed by atoms with Crippen molar-refractivity contribution in [2.75, 3.05) is 12.5 Å². The first-order valence-electron chi connectivity index (χ1n) is 15.6. The number of hydrogen-bond donors (Lipinski definition) is 3. The second kappa shape index (κ2) is 11.1. The third kappa shape index (κ3) is 4.39. The Labute approximate surface area is 285 Å². The molecule has 48 heavy (non-hydrogen) atoms. The minimum Gasteiger partial charge on any atom is -0.508 e. The number of amides is 4. The summed E-state index contributed by atoms with van der Waals surface area (Å²) < 4.78 is 11.6. The van der Waals surface area contributed by atoms with Crippen LogP contribution in [0.5, 0.6) is 17.2 Å². The van der Waals surface area contributed by atoms with E-state index in [1.165, 1.54) is 12.1 Å². The van der Waals surface area contributed by atoms with Crippen molar-refractivity contribution in [1.29, 1.82) is 0 Å². The number of hydrogen-bond acceptors (Lipinski definition) is 8. The van der Waals surface area contributed by atoms with Gasteiger partial charge >= 0.3 is 0 Å². The Balaban J connectivity index is 1.35. The van der Waals surface area contributed by atoms with Gasteiger partial charge in [-0.05, 0) is 78.4 Å². The van der Waals surface area contributed by atoms with E-state index in [4.69, 9.17) is 32.7 Å². The van der Waals surface area contributed by atoms with Gasteiger partial charge in [-0.2, -0.15) is 5.01 Å². The summed E-state index contributed by atoms with van der Waals surface area (Å²) in [6.07, 6.45) is 4.35. The van der Waals surface area contributed by atoms with E-state index in [1.807, 2.05) is 6.08 Å². The smallest absolute Gasteiger partial charge is 0.260 e. The molecule has 2 saturated heterocycles. The number of fused-ring (bicyclic) bond motifs is 5. The van der Waals surface area contributed by atoms with E-state index in [1.54, 1.807) is 61.9 Å². The molecule has 6 atom stereocenters. The van der Waals surface area contributed by atoms with Crippen LogP contribution in [0.3, 0.4) is 0 Å². The van der Waals surface area contributed by atoms with Crippen LogP contribution in [0.2, 0.25) is 10.0 Å². The molecule has 3 aliphatic heterocycles. The van der Waals surface area contributed by atoms with Crippen LogP contribution >= 0.6 is 23.2 Å². The summed E-state index contributed by atoms with van der Waals surface area (Å²) >= 11 is 12.6. The predicted octanol–water partition coefficient (Wildman–Crippen LogP) is 5.33. The maximum atomic E-state index is 15.3. The molecule has 3 fully saturated rings. The highest BCUT2D eigenvalue weighted by Crippen LogP contribution is 2.63. The quantitative estimate of drug-likeness (QED) is 0.242. The number of imide groups is 2. The number of hydrazine groups is 1. The van der Waals surface area contributed by atoms with Crippen molar-refractivity contribution in [1.82, 2.24) is 10.3 Å². The number of phenolic OH excluding ortho intramolecular Hbond substituents is 1. The molecule has 3 aromatic carbocycles. The molecule has 10 nitrogen and oxygen atoms in total. The van der Waals surface area contributed by atoms with E-state index in [0.29, 0.717) is 51.8 Å². The van der Waals surface area contributed by atoms with Crippen LogP contribution in [0.4, 0.5) is 5.69 Å². The Bertz CT molecular complexity index is 1990. The largest absolute Gasteiger partial charge is 0.508 e. The van der Waals surface area contributed by atoms with Crippen LogP contribution in [-0.4, -0.2) is 40.9 Å². The van der Waals surface area contributed by atoms with Gasteiger partial charge in [0.2, 0.25) is 11.8 Å². The average Bonchev–Trinajstić information content (AvgIpc) is 3.49. The highest BCUT2D eigenvalue weighted by molar-refractivity contribution is 6.36. The van der Waals surface area contributed by atoms with Crippen molar-refractivity contribution >= 4 is 52.5 Å². The van der Waals surface area contributed by atoms with Crippen molar-refractivity contribution in [3.8, 4) is 17.2 Å². The monoisotopic (exact) mass is 685 g/mol. The number of rotatable bonds is 5. The maximum absolute atomic E-state index is 15.3. The summed E-state index contributed by atoms with van der Waals surface area (Å²) in [5.41, 5.74) is 4.59. The number of allylic oxidation sites excluding steroid dienone is 3. The first-order chi connectivity index (χ1) is 23.1. The normalized spacial score (nSPS) is 28.7. The molecule has 0 unspecified atom stereocenters. The second-order valence-corrected chi connectivity index (χ2v) is 13.7. The molecule has 0 aromatic heterocycles. The number of benzene rings is 3. The topological polar surface area (TPSA) is 134 Å². The van der Waals surface area contributed by atoms with Crippen molar-refractivity contribution in [3.05, 3.63) is 105 Å². The number of ether oxygens (including phenoxy) is 2. The lowest BCUT2D eigenvalue weighted by Gasteiger charge is -2.51. The summed E-state index contributed by atoms with van der Waals surface area (Å²) in [5.74, 6) is -3.96. The molecule has 244 valence electrons. The van der Waals surface area contributed by atoms with E-state index in [-0.39, 0.29) is 29.0 Å². The van der Waals surface area contributed by atoms with E-state index >= 15 is 4.79 Å². The Kier molecular flexibility index (Phi) is 7.08. The van der Waals surface area contributed by atoms with Gasteiger partial charge in [-0.1, -0.05) is 47.0 Å². The fourth-order valence-corrected chi connectivity index (χ4v) is 9.02. The lowest BCUT2D eigenvalue weighted by Crippen LogP contribution is -2.55. The van der Waals surface area contributed by atoms with Crippen LogP contribution < -0.4 is 20.2 Å². The zero-order valence-corrected chi connectivity index (χ0v) is 27.0. The van der Waals surface area contributed by atoms with Crippen molar-refractivity contribution < 1.29 is 33.8 Å². The van der Waals surface area contributed by atoms with E-state index < -0.39 is 46.8 Å². The minimum absolute atomic E-state index is 0.0612. The van der Waals surface area contributed by atoms with Gasteiger partial charge in [-0.3, -0.25) is 29.9 Å². The molecular formula is C36H29Cl2N3O7. The van der Waals surface area contributed by atoms with Gasteiger partial charge < -0.3 is 14.6 Å². The van der Waals surface area contributed by atoms with Gasteiger partial charge in [0.05, 0.1) is 47.3 Å². The highest BCUT2D eigenvalue weighted by Gasteiger charge is 2.70. The molecule has 12 heteroatoms. The number of anilines is 1. The molecule has 1 saturated carbocycles. The molecular weight excluding hydrogens is 657 g/mol. The van der Waals surface area contributed by atoms with Gasteiger partial charge in [0.1, 0.15) is 17.2 Å². The highest BCUT2D eigenvalue weighted by atomic mass is 35.5. The Morgan fingerprint density at radius 2 is 1.79 bits per heavy atom. The van der Waals surface area contributed by atoms with Crippen molar-refractivity contribution in [2.45, 2.75) is 24.7 Å². The molecule has 8 rings (SSSR count). The van der Waals surface area contributed by atoms with Gasteiger partial charge in [0.15, 0.2) is 0 Å². The molecule has 0 spiro atoms. The minimum atomic E-state index is -1.49. The number of carbonyl (C=O) groups excluding carboxylic acids is 4. The third-order valence-corrected chi connectivity index (χ3v) is 11.1. The van der Waals surface area contributed by atoms with Crippen molar-refractivity contribution in [3.63, 3.8) is 0 Å². The maximum Gasteiger partial charge on any atom is 0.260 e. The lowest BCUT2D eigenvalue weighted by atomic mass is 9.48. The standard InChI is InChI=1S/C36H29Cl2N3O7/c1-47-22-6-2-19(3-7-22)36-26(34(45)41(35(36)46)40-28-10-4-20(37)14-27(28)38)15-25-23(8-9-24-30(25)33(44)39-32(24)43)31(36)18-12-17-13-21(42)5-11-29(17)48-16-18/h2-8,10-11,13-14,16,24-26,30-31,40,42H,9,12,15H2,1H3,(H,39,43,44)/t24-,25+,26-,30-,31-,36+/m0/s1. The molecule has 5 aliphatic rings. The van der Waals surface area contributed by atoms with E-state index in [2.05, 4.69) is 10.7 Å². The molecule has 3 N–H and O–H groups in total. The van der Waals surface area contributed by atoms with Crippen LogP contribution in [0.1, 0.15) is 24.0 Å². The van der Waals surface area contributed by atoms with Crippen LogP contribution in [0, 0.1) is 29.6 Å². The number of halogens is 2.